The first-order valence-corrected chi connectivity index (χ1v) is 12.0. The Labute approximate surface area is 211 Å². The molecule has 3 aromatic carbocycles. The molecule has 0 bridgehead atoms. The molecule has 1 amide bonds. The van der Waals surface area contributed by atoms with Crippen molar-refractivity contribution in [2.75, 3.05) is 0 Å². The van der Waals surface area contributed by atoms with Crippen LogP contribution in [-0.2, 0) is 0 Å². The molecule has 0 aliphatic carbocycles. The van der Waals surface area contributed by atoms with Crippen molar-refractivity contribution in [2.24, 2.45) is 5.10 Å². The highest BCUT2D eigenvalue weighted by molar-refractivity contribution is 6.07. The lowest BCUT2D eigenvalue weighted by atomic mass is 10.0. The molecule has 2 heterocycles. The highest BCUT2D eigenvalue weighted by Crippen LogP contribution is 2.25. The van der Waals surface area contributed by atoms with Gasteiger partial charge in [-0.25, -0.2) is 10.4 Å². The van der Waals surface area contributed by atoms with Crippen molar-refractivity contribution in [3.63, 3.8) is 0 Å². The number of pyridine rings is 1. The van der Waals surface area contributed by atoms with Gasteiger partial charge in [-0.2, -0.15) is 5.10 Å². The second-order valence-electron chi connectivity index (χ2n) is 9.15. The van der Waals surface area contributed by atoms with Gasteiger partial charge in [0.2, 0.25) is 0 Å². The van der Waals surface area contributed by atoms with Crippen molar-refractivity contribution in [3.8, 4) is 16.9 Å². The molecule has 0 unspecified atom stereocenters. The molecule has 0 aliphatic heterocycles. The van der Waals surface area contributed by atoms with E-state index >= 15 is 0 Å². The number of hydrogen-bond donors (Lipinski definition) is 1. The number of hydrogen-bond acceptors (Lipinski definition) is 3. The van der Waals surface area contributed by atoms with E-state index in [9.17, 15) is 4.79 Å². The van der Waals surface area contributed by atoms with Crippen LogP contribution in [0.25, 0.3) is 27.8 Å². The Morgan fingerprint density at radius 2 is 1.56 bits per heavy atom. The quantitative estimate of drug-likeness (QED) is 0.229. The van der Waals surface area contributed by atoms with Crippen LogP contribution in [-0.4, -0.2) is 21.7 Å². The maximum absolute atomic E-state index is 13.2. The number of carbonyl (C=O) groups is 1. The van der Waals surface area contributed by atoms with Gasteiger partial charge in [-0.1, -0.05) is 54.6 Å². The molecule has 0 saturated carbocycles. The summed E-state index contributed by atoms with van der Waals surface area (Å²) in [7, 11) is 0. The fraction of sp³-hybridized carbons (Fsp3) is 0.129. The summed E-state index contributed by atoms with van der Waals surface area (Å²) in [6.07, 6.45) is 1.71. The zero-order valence-corrected chi connectivity index (χ0v) is 20.9. The van der Waals surface area contributed by atoms with Crippen molar-refractivity contribution in [1.29, 1.82) is 0 Å². The van der Waals surface area contributed by atoms with Crippen LogP contribution >= 0.6 is 0 Å². The number of aryl methyl sites for hydroxylation is 3. The normalized spacial score (nSPS) is 11.3. The molecule has 2 aromatic heterocycles. The van der Waals surface area contributed by atoms with Crippen LogP contribution in [0.1, 0.15) is 38.4 Å². The fourth-order valence-electron chi connectivity index (χ4n) is 4.74. The number of fused-ring (bicyclic) bond motifs is 1. The molecule has 0 atom stereocenters. The Morgan fingerprint density at radius 1 is 0.861 bits per heavy atom. The number of aromatic nitrogens is 2. The third-order valence-corrected chi connectivity index (χ3v) is 6.34. The lowest BCUT2D eigenvalue weighted by Gasteiger charge is -2.11. The van der Waals surface area contributed by atoms with Crippen LogP contribution in [0.3, 0.4) is 0 Å². The molecule has 0 fully saturated rings. The van der Waals surface area contributed by atoms with Crippen LogP contribution in [0.4, 0.5) is 0 Å². The van der Waals surface area contributed by atoms with Crippen LogP contribution in [0, 0.1) is 27.7 Å². The minimum atomic E-state index is -0.273. The lowest BCUT2D eigenvalue weighted by Crippen LogP contribution is -2.18. The first kappa shape index (κ1) is 23.2. The van der Waals surface area contributed by atoms with Gasteiger partial charge in [0.1, 0.15) is 0 Å². The predicted molar refractivity (Wildman–Crippen MR) is 147 cm³/mol. The minimum Gasteiger partial charge on any atom is -0.318 e. The third kappa shape index (κ3) is 4.56. The molecule has 0 aliphatic rings. The standard InChI is InChI=1S/C31H28N4O/c1-20-14-21(2)16-26(15-20)35-22(3)17-25(23(35)4)19-32-34-31(36)28-18-30(24-10-6-5-7-11-24)33-29-13-9-8-12-27(28)29/h5-19H,1-4H3,(H,34,36)/b32-19+. The first-order valence-electron chi connectivity index (χ1n) is 12.0. The van der Waals surface area contributed by atoms with E-state index in [0.29, 0.717) is 5.56 Å². The number of nitrogens with zero attached hydrogens (tertiary/aromatic N) is 3. The van der Waals surface area contributed by atoms with E-state index in [-0.39, 0.29) is 5.91 Å². The molecule has 0 saturated heterocycles. The summed E-state index contributed by atoms with van der Waals surface area (Å²) in [6.45, 7) is 8.36. The average molecular weight is 473 g/mol. The van der Waals surface area contributed by atoms with Gasteiger partial charge in [0.15, 0.2) is 0 Å². The van der Waals surface area contributed by atoms with Gasteiger partial charge < -0.3 is 4.57 Å². The molecule has 0 radical (unpaired) electrons. The number of rotatable bonds is 5. The third-order valence-electron chi connectivity index (χ3n) is 6.34. The van der Waals surface area contributed by atoms with E-state index in [2.05, 4.69) is 67.1 Å². The number of amides is 1. The van der Waals surface area contributed by atoms with Crippen molar-refractivity contribution < 1.29 is 4.79 Å². The molecule has 5 nitrogen and oxygen atoms in total. The number of benzene rings is 3. The van der Waals surface area contributed by atoms with Gasteiger partial charge in [-0.3, -0.25) is 4.79 Å². The molecule has 5 rings (SSSR count). The van der Waals surface area contributed by atoms with E-state index in [4.69, 9.17) is 4.98 Å². The number of nitrogens with one attached hydrogen (secondary N) is 1. The van der Waals surface area contributed by atoms with Crippen LogP contribution in [0.15, 0.2) is 90.0 Å². The van der Waals surface area contributed by atoms with Gasteiger partial charge in [0.05, 0.1) is 23.0 Å². The smallest absolute Gasteiger partial charge is 0.272 e. The zero-order chi connectivity index (χ0) is 25.2. The zero-order valence-electron chi connectivity index (χ0n) is 20.9. The lowest BCUT2D eigenvalue weighted by molar-refractivity contribution is 0.0956. The van der Waals surface area contributed by atoms with Crippen LogP contribution in [0.5, 0.6) is 0 Å². The molecular formula is C31H28N4O. The van der Waals surface area contributed by atoms with Crippen molar-refractivity contribution in [1.82, 2.24) is 15.0 Å². The molecule has 178 valence electrons. The van der Waals surface area contributed by atoms with Crippen molar-refractivity contribution in [3.05, 3.63) is 119 Å². The summed E-state index contributed by atoms with van der Waals surface area (Å²) in [5.41, 5.74) is 12.4. The van der Waals surface area contributed by atoms with Gasteiger partial charge >= 0.3 is 0 Å². The Bertz CT molecular complexity index is 1590. The van der Waals surface area contributed by atoms with E-state index in [1.807, 2.05) is 60.7 Å². The molecule has 5 aromatic rings. The molecule has 1 N–H and O–H groups in total. The summed E-state index contributed by atoms with van der Waals surface area (Å²) in [6, 6.07) is 28.0. The highest BCUT2D eigenvalue weighted by atomic mass is 16.2. The number of para-hydroxylation sites is 1. The monoisotopic (exact) mass is 472 g/mol. The van der Waals surface area contributed by atoms with E-state index in [1.54, 1.807) is 6.21 Å². The Kier molecular flexibility index (Phi) is 6.21. The summed E-state index contributed by atoms with van der Waals surface area (Å²) in [4.78, 5) is 18.0. The van der Waals surface area contributed by atoms with Gasteiger partial charge in [-0.15, -0.1) is 0 Å². The Morgan fingerprint density at radius 3 is 2.31 bits per heavy atom. The second-order valence-corrected chi connectivity index (χ2v) is 9.15. The SMILES string of the molecule is Cc1cc(C)cc(-n2c(C)cc(/C=N/NC(=O)c3cc(-c4ccccc4)nc4ccccc34)c2C)c1. The topological polar surface area (TPSA) is 59.3 Å². The maximum atomic E-state index is 13.2. The highest BCUT2D eigenvalue weighted by Gasteiger charge is 2.14. The maximum Gasteiger partial charge on any atom is 0.272 e. The van der Waals surface area contributed by atoms with Gasteiger partial charge in [0.25, 0.3) is 5.91 Å². The number of carbonyl (C=O) groups excluding carboxylic acids is 1. The predicted octanol–water partition coefficient (Wildman–Crippen LogP) is 6.69. The molecular weight excluding hydrogens is 444 g/mol. The summed E-state index contributed by atoms with van der Waals surface area (Å²) in [5, 5.41) is 5.10. The van der Waals surface area contributed by atoms with Crippen molar-refractivity contribution >= 4 is 23.0 Å². The van der Waals surface area contributed by atoms with Crippen molar-refractivity contribution in [2.45, 2.75) is 27.7 Å². The first-order chi connectivity index (χ1) is 17.4. The number of hydrazone groups is 1. The van der Waals surface area contributed by atoms with Gasteiger partial charge in [-0.05, 0) is 69.2 Å². The average Bonchev–Trinajstić information content (AvgIpc) is 3.15. The van der Waals surface area contributed by atoms with Crippen LogP contribution in [0.2, 0.25) is 0 Å². The van der Waals surface area contributed by atoms with Gasteiger partial charge in [0, 0.05) is 33.6 Å². The summed E-state index contributed by atoms with van der Waals surface area (Å²) >= 11 is 0. The molecule has 0 spiro atoms. The largest absolute Gasteiger partial charge is 0.318 e. The second kappa shape index (κ2) is 9.62. The van der Waals surface area contributed by atoms with E-state index in [0.717, 1.165) is 44.8 Å². The molecule has 5 heteroatoms. The summed E-state index contributed by atoms with van der Waals surface area (Å²) < 4.78 is 2.21. The Hall–Kier alpha value is -4.51. The molecule has 36 heavy (non-hydrogen) atoms. The van der Waals surface area contributed by atoms with Crippen LogP contribution < -0.4 is 5.43 Å². The fourth-order valence-corrected chi connectivity index (χ4v) is 4.74. The Balaban J connectivity index is 1.44. The van der Waals surface area contributed by atoms with E-state index < -0.39 is 0 Å². The van der Waals surface area contributed by atoms with E-state index in [1.165, 1.54) is 11.1 Å². The summed E-state index contributed by atoms with van der Waals surface area (Å²) in [5.74, 6) is -0.273. The minimum absolute atomic E-state index is 0.273.